The van der Waals surface area contributed by atoms with Crippen LogP contribution in [0, 0.1) is 6.92 Å². The maximum Gasteiger partial charge on any atom is 0.257 e. The van der Waals surface area contributed by atoms with E-state index in [0.717, 1.165) is 17.8 Å². The quantitative estimate of drug-likeness (QED) is 0.326. The lowest BCUT2D eigenvalue weighted by molar-refractivity contribution is 0.0305. The lowest BCUT2D eigenvalue weighted by Crippen LogP contribution is -2.45. The first kappa shape index (κ1) is 24.7. The zero-order chi connectivity index (χ0) is 26.9. The molecular formula is C27H27FN8O3. The standard InChI is InChI=1S/C27H27FN8O3/c1-16-10-17(4-5-21(16)38-18-6-9-36-23(11-18)31-15-33-36)34-26-24-20(30-14-32-26)12-29-27(37-3)25(24)39-22-7-8-35(2)13-19(22)28/h4-6,9-12,14-15,19,22H,7-8,13H2,1-3H3,(H,30,32,34)/t19-,22+/m0/s1. The third-order valence-electron chi connectivity index (χ3n) is 6.67. The van der Waals surface area contributed by atoms with E-state index in [1.165, 1.54) is 19.8 Å². The third-order valence-corrected chi connectivity index (χ3v) is 6.67. The Labute approximate surface area is 223 Å². The number of methoxy groups -OCH3 is 1. The molecule has 6 rings (SSSR count). The number of halogens is 1. The van der Waals surface area contributed by atoms with E-state index in [0.29, 0.717) is 52.6 Å². The van der Waals surface area contributed by atoms with E-state index < -0.39 is 12.3 Å². The monoisotopic (exact) mass is 530 g/mol. The van der Waals surface area contributed by atoms with Crippen molar-refractivity contribution in [3.8, 4) is 23.1 Å². The molecule has 5 heterocycles. The molecule has 1 N–H and O–H groups in total. The van der Waals surface area contributed by atoms with Crippen molar-refractivity contribution in [2.45, 2.75) is 25.6 Å². The normalized spacial score (nSPS) is 17.8. The summed E-state index contributed by atoms with van der Waals surface area (Å²) in [6.07, 6.45) is 5.08. The highest BCUT2D eigenvalue weighted by molar-refractivity contribution is 5.96. The molecule has 1 aliphatic heterocycles. The number of pyridine rings is 2. The van der Waals surface area contributed by atoms with Crippen molar-refractivity contribution in [2.24, 2.45) is 0 Å². The molecule has 2 atom stereocenters. The van der Waals surface area contributed by atoms with Crippen LogP contribution < -0.4 is 19.5 Å². The number of aromatic nitrogens is 6. The summed E-state index contributed by atoms with van der Waals surface area (Å²) in [5.41, 5.74) is 2.92. The van der Waals surface area contributed by atoms with Gasteiger partial charge < -0.3 is 24.4 Å². The van der Waals surface area contributed by atoms with Gasteiger partial charge in [-0.1, -0.05) is 0 Å². The van der Waals surface area contributed by atoms with Crippen molar-refractivity contribution in [3.05, 3.63) is 60.9 Å². The second-order valence-corrected chi connectivity index (χ2v) is 9.43. The zero-order valence-electron chi connectivity index (χ0n) is 21.7. The number of anilines is 2. The number of nitrogens with one attached hydrogen (secondary N) is 1. The van der Waals surface area contributed by atoms with Crippen LogP contribution in [0.3, 0.4) is 0 Å². The van der Waals surface area contributed by atoms with Gasteiger partial charge in [-0.3, -0.25) is 0 Å². The van der Waals surface area contributed by atoms with Gasteiger partial charge in [-0.05, 0) is 50.2 Å². The minimum atomic E-state index is -1.15. The predicted octanol–water partition coefficient (Wildman–Crippen LogP) is 4.34. The summed E-state index contributed by atoms with van der Waals surface area (Å²) in [5.74, 6) is 2.40. The lowest BCUT2D eigenvalue weighted by atomic mass is 10.1. The predicted molar refractivity (Wildman–Crippen MR) is 143 cm³/mol. The van der Waals surface area contributed by atoms with E-state index in [2.05, 4.69) is 30.4 Å². The average molecular weight is 531 g/mol. The van der Waals surface area contributed by atoms with Crippen LogP contribution in [0.2, 0.25) is 0 Å². The summed E-state index contributed by atoms with van der Waals surface area (Å²) >= 11 is 0. The third kappa shape index (κ3) is 4.98. The number of benzene rings is 1. The van der Waals surface area contributed by atoms with Crippen LogP contribution in [0.5, 0.6) is 23.1 Å². The van der Waals surface area contributed by atoms with Crippen LogP contribution in [0.4, 0.5) is 15.9 Å². The van der Waals surface area contributed by atoms with Crippen molar-refractivity contribution in [1.82, 2.24) is 34.4 Å². The Morgan fingerprint density at radius 2 is 1.97 bits per heavy atom. The summed E-state index contributed by atoms with van der Waals surface area (Å²) in [4.78, 5) is 19.3. The van der Waals surface area contributed by atoms with Gasteiger partial charge in [0.25, 0.3) is 5.88 Å². The summed E-state index contributed by atoms with van der Waals surface area (Å²) in [6, 6.07) is 9.36. The lowest BCUT2D eigenvalue weighted by Gasteiger charge is -2.32. The Kier molecular flexibility index (Phi) is 6.53. The molecule has 0 bridgehead atoms. The van der Waals surface area contributed by atoms with Crippen LogP contribution in [-0.2, 0) is 0 Å². The molecule has 39 heavy (non-hydrogen) atoms. The van der Waals surface area contributed by atoms with E-state index in [9.17, 15) is 4.39 Å². The molecule has 1 aliphatic rings. The molecule has 11 nitrogen and oxygen atoms in total. The van der Waals surface area contributed by atoms with E-state index in [1.807, 2.05) is 49.2 Å². The molecule has 0 unspecified atom stereocenters. The van der Waals surface area contributed by atoms with Gasteiger partial charge >= 0.3 is 0 Å². The van der Waals surface area contributed by atoms with E-state index in [-0.39, 0.29) is 5.88 Å². The van der Waals surface area contributed by atoms with Crippen molar-refractivity contribution in [3.63, 3.8) is 0 Å². The Bertz CT molecular complexity index is 1640. The number of aryl methyl sites for hydroxylation is 1. The summed E-state index contributed by atoms with van der Waals surface area (Å²) < 4.78 is 34.3. The van der Waals surface area contributed by atoms with E-state index in [4.69, 9.17) is 14.2 Å². The number of hydrogen-bond acceptors (Lipinski definition) is 10. The number of alkyl halides is 1. The summed E-state index contributed by atoms with van der Waals surface area (Å²) in [6.45, 7) is 2.98. The first-order valence-corrected chi connectivity index (χ1v) is 12.5. The molecule has 0 aliphatic carbocycles. The van der Waals surface area contributed by atoms with Crippen LogP contribution in [0.15, 0.2) is 55.4 Å². The fraction of sp³-hybridized carbons (Fsp3) is 0.296. The smallest absolute Gasteiger partial charge is 0.257 e. The average Bonchev–Trinajstić information content (AvgIpc) is 3.40. The Morgan fingerprint density at radius 3 is 2.79 bits per heavy atom. The molecule has 0 spiro atoms. The number of ether oxygens (including phenoxy) is 3. The van der Waals surface area contributed by atoms with Gasteiger partial charge in [0.2, 0.25) is 0 Å². The summed E-state index contributed by atoms with van der Waals surface area (Å²) in [7, 11) is 3.40. The SMILES string of the molecule is COc1ncc2ncnc(Nc3ccc(Oc4ccn5ncnc5c4)c(C)c3)c2c1O[C@@H]1CCN(C)C[C@@H]1F. The maximum absolute atomic E-state index is 14.9. The van der Waals surface area contributed by atoms with Gasteiger partial charge in [0.05, 0.1) is 24.2 Å². The minimum Gasteiger partial charge on any atom is -0.481 e. The maximum atomic E-state index is 14.9. The summed E-state index contributed by atoms with van der Waals surface area (Å²) in [5, 5.41) is 8.02. The highest BCUT2D eigenvalue weighted by Gasteiger charge is 2.31. The highest BCUT2D eigenvalue weighted by Crippen LogP contribution is 2.39. The van der Waals surface area contributed by atoms with Gasteiger partial charge in [0, 0.05) is 31.0 Å². The molecule has 12 heteroatoms. The fourth-order valence-corrected chi connectivity index (χ4v) is 4.64. The first-order chi connectivity index (χ1) is 19.0. The largest absolute Gasteiger partial charge is 0.481 e. The molecular weight excluding hydrogens is 503 g/mol. The molecule has 4 aromatic heterocycles. The van der Waals surface area contributed by atoms with E-state index in [1.54, 1.807) is 16.9 Å². The number of rotatable bonds is 7. The van der Waals surface area contributed by atoms with Gasteiger partial charge in [-0.2, -0.15) is 5.10 Å². The van der Waals surface area contributed by atoms with Crippen molar-refractivity contribution in [1.29, 1.82) is 0 Å². The Balaban J connectivity index is 1.30. The Morgan fingerprint density at radius 1 is 1.08 bits per heavy atom. The van der Waals surface area contributed by atoms with Crippen LogP contribution in [-0.4, -0.2) is 74.0 Å². The van der Waals surface area contributed by atoms with Gasteiger partial charge in [0.1, 0.15) is 42.2 Å². The number of fused-ring (bicyclic) bond motifs is 2. The van der Waals surface area contributed by atoms with Gasteiger partial charge in [-0.15, -0.1) is 0 Å². The first-order valence-electron chi connectivity index (χ1n) is 12.5. The van der Waals surface area contributed by atoms with Crippen LogP contribution in [0.25, 0.3) is 16.6 Å². The van der Waals surface area contributed by atoms with Gasteiger partial charge in [-0.25, -0.2) is 28.8 Å². The molecule has 0 saturated carbocycles. The molecule has 0 amide bonds. The highest BCUT2D eigenvalue weighted by atomic mass is 19.1. The minimum absolute atomic E-state index is 0.246. The Hall–Kier alpha value is -4.58. The number of piperidine rings is 1. The molecule has 200 valence electrons. The van der Waals surface area contributed by atoms with Gasteiger partial charge in [0.15, 0.2) is 11.4 Å². The molecule has 1 fully saturated rings. The van der Waals surface area contributed by atoms with Crippen molar-refractivity contribution < 1.29 is 18.6 Å². The number of hydrogen-bond donors (Lipinski definition) is 1. The molecule has 0 radical (unpaired) electrons. The second kappa shape index (κ2) is 10.3. The fourth-order valence-electron chi connectivity index (χ4n) is 4.64. The molecule has 5 aromatic rings. The van der Waals surface area contributed by atoms with Crippen LogP contribution in [0.1, 0.15) is 12.0 Å². The zero-order valence-corrected chi connectivity index (χ0v) is 21.7. The van der Waals surface area contributed by atoms with Crippen molar-refractivity contribution >= 4 is 28.1 Å². The molecule has 1 aromatic carbocycles. The topological polar surface area (TPSA) is 112 Å². The molecule has 1 saturated heterocycles. The van der Waals surface area contributed by atoms with E-state index >= 15 is 0 Å². The van der Waals surface area contributed by atoms with Crippen molar-refractivity contribution in [2.75, 3.05) is 32.6 Å². The number of likely N-dealkylation sites (tertiary alicyclic amines) is 1. The van der Waals surface area contributed by atoms with Crippen LogP contribution >= 0.6 is 0 Å². The number of nitrogens with zero attached hydrogens (tertiary/aromatic N) is 7. The second-order valence-electron chi connectivity index (χ2n) is 9.43.